The van der Waals surface area contributed by atoms with Crippen LogP contribution in [0.15, 0.2) is 24.3 Å². The third kappa shape index (κ3) is 7.76. The van der Waals surface area contributed by atoms with Crippen molar-refractivity contribution >= 4 is 0 Å². The zero-order chi connectivity index (χ0) is 14.1. The third-order valence-corrected chi connectivity index (χ3v) is 2.76. The lowest BCUT2D eigenvalue weighted by Crippen LogP contribution is -2.22. The topological polar surface area (TPSA) is 18.5 Å². The van der Waals surface area contributed by atoms with E-state index in [4.69, 9.17) is 9.47 Å². The van der Waals surface area contributed by atoms with Gasteiger partial charge < -0.3 is 9.47 Å². The molecule has 0 unspecified atom stereocenters. The molecule has 0 atom stereocenters. The summed E-state index contributed by atoms with van der Waals surface area (Å²) in [6, 6.07) is 7.90. The lowest BCUT2D eigenvalue weighted by Gasteiger charge is -2.21. The Morgan fingerprint density at radius 1 is 0.842 bits per heavy atom. The summed E-state index contributed by atoms with van der Waals surface area (Å²) in [5.74, 6) is 1.82. The van der Waals surface area contributed by atoms with Gasteiger partial charge in [0.05, 0.1) is 6.61 Å². The van der Waals surface area contributed by atoms with Gasteiger partial charge in [-0.1, -0.05) is 32.6 Å². The van der Waals surface area contributed by atoms with Crippen LogP contribution in [0.2, 0.25) is 0 Å². The van der Waals surface area contributed by atoms with E-state index in [1.54, 1.807) is 0 Å². The monoisotopic (exact) mass is 264 g/mol. The first kappa shape index (κ1) is 15.9. The van der Waals surface area contributed by atoms with E-state index >= 15 is 0 Å². The molecule has 108 valence electrons. The molecule has 0 aromatic heterocycles. The van der Waals surface area contributed by atoms with E-state index < -0.39 is 0 Å². The molecule has 2 heteroatoms. The van der Waals surface area contributed by atoms with Gasteiger partial charge in [-0.3, -0.25) is 0 Å². The van der Waals surface area contributed by atoms with E-state index in [1.165, 1.54) is 25.7 Å². The molecule has 1 aromatic carbocycles. The summed E-state index contributed by atoms with van der Waals surface area (Å²) in [6.07, 6.45) is 6.34. The second kappa shape index (κ2) is 8.08. The maximum atomic E-state index is 5.77. The number of unbranched alkanes of at least 4 members (excludes halogenated alkanes) is 4. The molecule has 0 bridgehead atoms. The molecule has 1 aromatic rings. The van der Waals surface area contributed by atoms with Crippen molar-refractivity contribution in [3.05, 3.63) is 24.3 Å². The van der Waals surface area contributed by atoms with Crippen molar-refractivity contribution in [2.75, 3.05) is 6.61 Å². The highest BCUT2D eigenvalue weighted by molar-refractivity contribution is 5.31. The first-order valence-electron chi connectivity index (χ1n) is 7.43. The zero-order valence-corrected chi connectivity index (χ0v) is 12.9. The van der Waals surface area contributed by atoms with E-state index in [2.05, 4.69) is 6.92 Å². The standard InChI is InChI=1S/C17H28O2/c1-5-6-7-8-9-14-18-15-10-12-16(13-11-15)19-17(2,3)4/h10-13H,5-9,14H2,1-4H3. The summed E-state index contributed by atoms with van der Waals surface area (Å²) in [6.45, 7) is 9.19. The van der Waals surface area contributed by atoms with Crippen LogP contribution in [0, 0.1) is 0 Å². The zero-order valence-electron chi connectivity index (χ0n) is 12.9. The average molecular weight is 264 g/mol. The van der Waals surface area contributed by atoms with E-state index in [1.807, 2.05) is 45.0 Å². The average Bonchev–Trinajstić information content (AvgIpc) is 2.34. The van der Waals surface area contributed by atoms with Crippen molar-refractivity contribution in [1.29, 1.82) is 0 Å². The van der Waals surface area contributed by atoms with Crippen molar-refractivity contribution in [2.24, 2.45) is 0 Å². The summed E-state index contributed by atoms with van der Waals surface area (Å²) in [5.41, 5.74) is -0.151. The molecule has 0 saturated carbocycles. The Labute approximate surface area is 118 Å². The lowest BCUT2D eigenvalue weighted by molar-refractivity contribution is 0.131. The lowest BCUT2D eigenvalue weighted by atomic mass is 10.2. The van der Waals surface area contributed by atoms with Gasteiger partial charge in [0.2, 0.25) is 0 Å². The Kier molecular flexibility index (Phi) is 6.75. The largest absolute Gasteiger partial charge is 0.494 e. The van der Waals surface area contributed by atoms with Crippen molar-refractivity contribution in [3.63, 3.8) is 0 Å². The Hall–Kier alpha value is -1.18. The van der Waals surface area contributed by atoms with E-state index in [9.17, 15) is 0 Å². The van der Waals surface area contributed by atoms with Gasteiger partial charge >= 0.3 is 0 Å². The van der Waals surface area contributed by atoms with Gasteiger partial charge in [-0.2, -0.15) is 0 Å². The molecule has 0 heterocycles. The third-order valence-electron chi connectivity index (χ3n) is 2.76. The fourth-order valence-corrected chi connectivity index (χ4v) is 1.85. The van der Waals surface area contributed by atoms with Crippen LogP contribution in [-0.2, 0) is 0 Å². The second-order valence-corrected chi connectivity index (χ2v) is 5.95. The smallest absolute Gasteiger partial charge is 0.120 e. The highest BCUT2D eigenvalue weighted by Gasteiger charge is 2.11. The van der Waals surface area contributed by atoms with Crippen LogP contribution in [0.5, 0.6) is 11.5 Å². The summed E-state index contributed by atoms with van der Waals surface area (Å²) in [7, 11) is 0. The summed E-state index contributed by atoms with van der Waals surface area (Å²) >= 11 is 0. The molecule has 0 aliphatic rings. The van der Waals surface area contributed by atoms with Crippen LogP contribution in [0.3, 0.4) is 0 Å². The molecule has 2 nitrogen and oxygen atoms in total. The number of ether oxygens (including phenoxy) is 2. The quantitative estimate of drug-likeness (QED) is 0.600. The number of hydrogen-bond acceptors (Lipinski definition) is 2. The van der Waals surface area contributed by atoms with E-state index in [0.717, 1.165) is 24.5 Å². The maximum Gasteiger partial charge on any atom is 0.120 e. The molecular formula is C17H28O2. The van der Waals surface area contributed by atoms with Crippen LogP contribution in [-0.4, -0.2) is 12.2 Å². The minimum atomic E-state index is -0.151. The minimum absolute atomic E-state index is 0.151. The Morgan fingerprint density at radius 2 is 1.42 bits per heavy atom. The molecule has 0 radical (unpaired) electrons. The Morgan fingerprint density at radius 3 is 2.00 bits per heavy atom. The molecule has 0 N–H and O–H groups in total. The predicted octanol–water partition coefficient (Wildman–Crippen LogP) is 5.21. The van der Waals surface area contributed by atoms with Crippen molar-refractivity contribution in [2.45, 2.75) is 65.4 Å². The number of rotatable bonds is 8. The van der Waals surface area contributed by atoms with Gasteiger partial charge in [0, 0.05) is 0 Å². The summed E-state index contributed by atoms with van der Waals surface area (Å²) in [4.78, 5) is 0. The van der Waals surface area contributed by atoms with Gasteiger partial charge in [-0.15, -0.1) is 0 Å². The van der Waals surface area contributed by atoms with Crippen LogP contribution < -0.4 is 9.47 Å². The van der Waals surface area contributed by atoms with Crippen molar-refractivity contribution in [1.82, 2.24) is 0 Å². The van der Waals surface area contributed by atoms with Crippen LogP contribution in [0.25, 0.3) is 0 Å². The molecule has 1 rings (SSSR count). The SMILES string of the molecule is CCCCCCCOc1ccc(OC(C)(C)C)cc1. The van der Waals surface area contributed by atoms with Gasteiger partial charge in [-0.25, -0.2) is 0 Å². The van der Waals surface area contributed by atoms with Crippen LogP contribution in [0.1, 0.15) is 59.8 Å². The summed E-state index contributed by atoms with van der Waals surface area (Å²) < 4.78 is 11.5. The van der Waals surface area contributed by atoms with Gasteiger partial charge in [0.1, 0.15) is 17.1 Å². The van der Waals surface area contributed by atoms with Gasteiger partial charge in [-0.05, 0) is 51.5 Å². The molecule has 19 heavy (non-hydrogen) atoms. The summed E-state index contributed by atoms with van der Waals surface area (Å²) in [5, 5.41) is 0. The highest BCUT2D eigenvalue weighted by atomic mass is 16.5. The van der Waals surface area contributed by atoms with E-state index in [-0.39, 0.29) is 5.60 Å². The molecule has 0 saturated heterocycles. The number of benzene rings is 1. The van der Waals surface area contributed by atoms with Gasteiger partial charge in [0.15, 0.2) is 0 Å². The van der Waals surface area contributed by atoms with Crippen molar-refractivity contribution in [3.8, 4) is 11.5 Å². The fourth-order valence-electron chi connectivity index (χ4n) is 1.85. The first-order chi connectivity index (χ1) is 9.01. The normalized spacial score (nSPS) is 11.4. The maximum absolute atomic E-state index is 5.77. The predicted molar refractivity (Wildman–Crippen MR) is 81.1 cm³/mol. The molecule has 0 fully saturated rings. The Bertz CT molecular complexity index is 335. The first-order valence-corrected chi connectivity index (χ1v) is 7.43. The van der Waals surface area contributed by atoms with Crippen LogP contribution in [0.4, 0.5) is 0 Å². The van der Waals surface area contributed by atoms with E-state index in [0.29, 0.717) is 0 Å². The fraction of sp³-hybridized carbons (Fsp3) is 0.647. The minimum Gasteiger partial charge on any atom is -0.494 e. The molecule has 0 amide bonds. The molecular weight excluding hydrogens is 236 g/mol. The number of hydrogen-bond donors (Lipinski definition) is 0. The molecule has 0 spiro atoms. The van der Waals surface area contributed by atoms with Gasteiger partial charge in [0.25, 0.3) is 0 Å². The van der Waals surface area contributed by atoms with Crippen molar-refractivity contribution < 1.29 is 9.47 Å². The molecule has 0 aliphatic carbocycles. The second-order valence-electron chi connectivity index (χ2n) is 5.95. The highest BCUT2D eigenvalue weighted by Crippen LogP contribution is 2.21. The Balaban J connectivity index is 2.25. The molecule has 0 aliphatic heterocycles. The van der Waals surface area contributed by atoms with Crippen LogP contribution >= 0.6 is 0 Å².